The summed E-state index contributed by atoms with van der Waals surface area (Å²) in [7, 11) is 0. The molecule has 1 aromatic heterocycles. The lowest BCUT2D eigenvalue weighted by Crippen LogP contribution is -2.55. The van der Waals surface area contributed by atoms with E-state index in [4.69, 9.17) is 17.3 Å². The average Bonchev–Trinajstić information content (AvgIpc) is 3.02. The summed E-state index contributed by atoms with van der Waals surface area (Å²) in [5, 5.41) is 6.94. The molecule has 1 aliphatic heterocycles. The number of amides is 3. The summed E-state index contributed by atoms with van der Waals surface area (Å²) in [6, 6.07) is 2.58. The maximum absolute atomic E-state index is 13.5. The van der Waals surface area contributed by atoms with Gasteiger partial charge in [0, 0.05) is 31.0 Å². The van der Waals surface area contributed by atoms with Crippen molar-refractivity contribution in [3.8, 4) is 11.3 Å². The van der Waals surface area contributed by atoms with Gasteiger partial charge in [-0.25, -0.2) is 18.0 Å². The highest BCUT2D eigenvalue weighted by atomic mass is 35.5. The van der Waals surface area contributed by atoms with Crippen molar-refractivity contribution < 1.29 is 22.8 Å². The number of carbonyl (C=O) groups excluding carboxylic acids is 2. The lowest BCUT2D eigenvalue weighted by molar-refractivity contribution is -0.0904. The molecular weight excluding hydrogens is 423 g/mol. The molecule has 2 heterocycles. The predicted octanol–water partition coefficient (Wildman–Crippen LogP) is 3.33. The minimum Gasteiger partial charge on any atom is -0.365 e. The number of urea groups is 1. The van der Waals surface area contributed by atoms with Gasteiger partial charge in [-0.15, -0.1) is 0 Å². The number of fused-ring (bicyclic) bond motifs is 1. The van der Waals surface area contributed by atoms with Crippen LogP contribution in [0, 0.1) is 5.82 Å². The fraction of sp³-hybridized carbons (Fsp3) is 0.421. The van der Waals surface area contributed by atoms with Crippen LogP contribution >= 0.6 is 11.6 Å². The zero-order valence-electron chi connectivity index (χ0n) is 16.0. The highest BCUT2D eigenvalue weighted by molar-refractivity contribution is 6.31. The number of halogens is 4. The van der Waals surface area contributed by atoms with Crippen LogP contribution < -0.4 is 11.1 Å². The van der Waals surface area contributed by atoms with Gasteiger partial charge in [0.25, 0.3) is 11.8 Å². The van der Waals surface area contributed by atoms with Crippen LogP contribution in [-0.2, 0) is 6.54 Å². The SMILES string of the molecule is C[C@H]1CN(C(=O)NC2CC(F)(F)C2)Cc2c(C(N)=O)c(-c3ccc(F)c(Cl)c3)nn21. The first-order chi connectivity index (χ1) is 14.1. The Morgan fingerprint density at radius 2 is 2.03 bits per heavy atom. The first-order valence-electron chi connectivity index (χ1n) is 9.35. The Labute approximate surface area is 175 Å². The molecule has 0 unspecified atom stereocenters. The van der Waals surface area contributed by atoms with E-state index in [1.807, 2.05) is 0 Å². The minimum atomic E-state index is -2.74. The molecule has 3 amide bonds. The highest BCUT2D eigenvalue weighted by Crippen LogP contribution is 2.38. The zero-order valence-corrected chi connectivity index (χ0v) is 16.7. The second-order valence-corrected chi connectivity index (χ2v) is 8.16. The van der Waals surface area contributed by atoms with Gasteiger partial charge in [-0.1, -0.05) is 11.6 Å². The molecule has 1 aliphatic carbocycles. The van der Waals surface area contributed by atoms with Crippen molar-refractivity contribution in [1.82, 2.24) is 20.0 Å². The molecule has 7 nitrogen and oxygen atoms in total. The van der Waals surface area contributed by atoms with Gasteiger partial charge in [0.1, 0.15) is 11.5 Å². The number of rotatable bonds is 3. The number of nitrogens with one attached hydrogen (secondary N) is 1. The first-order valence-corrected chi connectivity index (χ1v) is 9.73. The Kier molecular flexibility index (Phi) is 4.92. The van der Waals surface area contributed by atoms with Gasteiger partial charge in [0.15, 0.2) is 0 Å². The number of hydrogen-bond donors (Lipinski definition) is 2. The number of alkyl halides is 2. The Bertz CT molecular complexity index is 1030. The van der Waals surface area contributed by atoms with Gasteiger partial charge in [-0.2, -0.15) is 5.10 Å². The van der Waals surface area contributed by atoms with Gasteiger partial charge in [-0.3, -0.25) is 9.48 Å². The smallest absolute Gasteiger partial charge is 0.318 e. The second kappa shape index (κ2) is 7.19. The van der Waals surface area contributed by atoms with Crippen molar-refractivity contribution in [1.29, 1.82) is 0 Å². The Morgan fingerprint density at radius 3 is 2.63 bits per heavy atom. The summed E-state index contributed by atoms with van der Waals surface area (Å²) in [6.45, 7) is 2.10. The van der Waals surface area contributed by atoms with Crippen LogP contribution in [0.4, 0.5) is 18.0 Å². The van der Waals surface area contributed by atoms with E-state index < -0.39 is 29.7 Å². The number of nitrogens with two attached hydrogens (primary N) is 1. The zero-order chi connectivity index (χ0) is 21.8. The van der Waals surface area contributed by atoms with Crippen molar-refractivity contribution in [2.75, 3.05) is 6.54 Å². The summed E-state index contributed by atoms with van der Waals surface area (Å²) in [4.78, 5) is 26.2. The molecule has 1 aromatic carbocycles. The number of aromatic nitrogens is 2. The minimum absolute atomic E-state index is 0.0273. The maximum atomic E-state index is 13.5. The van der Waals surface area contributed by atoms with E-state index in [2.05, 4.69) is 10.4 Å². The molecule has 1 atom stereocenters. The van der Waals surface area contributed by atoms with E-state index in [9.17, 15) is 22.8 Å². The van der Waals surface area contributed by atoms with Crippen molar-refractivity contribution in [3.05, 3.63) is 40.3 Å². The van der Waals surface area contributed by atoms with Crippen LogP contribution in [0.15, 0.2) is 18.2 Å². The lowest BCUT2D eigenvalue weighted by Gasteiger charge is -2.38. The van der Waals surface area contributed by atoms with Crippen LogP contribution in [0.3, 0.4) is 0 Å². The van der Waals surface area contributed by atoms with Crippen LogP contribution in [-0.4, -0.2) is 45.1 Å². The summed E-state index contributed by atoms with van der Waals surface area (Å²) < 4.78 is 41.2. The molecule has 4 rings (SSSR count). The number of benzene rings is 1. The molecule has 160 valence electrons. The molecule has 2 aromatic rings. The van der Waals surface area contributed by atoms with Crippen molar-refractivity contribution >= 4 is 23.5 Å². The number of hydrogen-bond acceptors (Lipinski definition) is 3. The standard InChI is InChI=1S/C19H19ClF3N5O2/c1-9-7-27(18(30)25-11-5-19(22,23)6-11)8-14-15(17(24)29)16(26-28(9)14)10-2-3-13(21)12(20)4-10/h2-4,9,11H,5-8H2,1H3,(H2,24,29)(H,25,30)/t9-/m0/s1. The summed E-state index contributed by atoms with van der Waals surface area (Å²) >= 11 is 5.86. The fourth-order valence-corrected chi connectivity index (χ4v) is 4.10. The molecule has 2 aliphatic rings. The predicted molar refractivity (Wildman–Crippen MR) is 103 cm³/mol. The van der Waals surface area contributed by atoms with E-state index in [0.717, 1.165) is 0 Å². The Morgan fingerprint density at radius 1 is 1.33 bits per heavy atom. The lowest BCUT2D eigenvalue weighted by atomic mass is 9.88. The van der Waals surface area contributed by atoms with Crippen LogP contribution in [0.2, 0.25) is 5.02 Å². The largest absolute Gasteiger partial charge is 0.365 e. The van der Waals surface area contributed by atoms with Gasteiger partial charge >= 0.3 is 6.03 Å². The van der Waals surface area contributed by atoms with Gasteiger partial charge < -0.3 is 16.0 Å². The van der Waals surface area contributed by atoms with Crippen molar-refractivity contribution in [2.24, 2.45) is 5.73 Å². The topological polar surface area (TPSA) is 93.2 Å². The molecule has 30 heavy (non-hydrogen) atoms. The Hall–Kier alpha value is -2.75. The number of carbonyl (C=O) groups is 2. The van der Waals surface area contributed by atoms with Crippen LogP contribution in [0.1, 0.15) is 41.9 Å². The van der Waals surface area contributed by atoms with E-state index in [1.165, 1.54) is 23.1 Å². The third kappa shape index (κ3) is 3.60. The monoisotopic (exact) mass is 441 g/mol. The van der Waals surface area contributed by atoms with Crippen LogP contribution in [0.5, 0.6) is 0 Å². The van der Waals surface area contributed by atoms with Crippen molar-refractivity contribution in [2.45, 2.75) is 44.3 Å². The van der Waals surface area contributed by atoms with Crippen LogP contribution in [0.25, 0.3) is 11.3 Å². The van der Waals surface area contributed by atoms with E-state index in [-0.39, 0.29) is 48.3 Å². The average molecular weight is 442 g/mol. The maximum Gasteiger partial charge on any atom is 0.318 e. The molecular formula is C19H19ClF3N5O2. The highest BCUT2D eigenvalue weighted by Gasteiger charge is 2.46. The van der Waals surface area contributed by atoms with Gasteiger partial charge in [0.2, 0.25) is 0 Å². The molecule has 1 saturated carbocycles. The summed E-state index contributed by atoms with van der Waals surface area (Å²) in [6.07, 6.45) is -0.774. The molecule has 1 fully saturated rings. The summed E-state index contributed by atoms with van der Waals surface area (Å²) in [5.41, 5.74) is 6.78. The van der Waals surface area contributed by atoms with E-state index >= 15 is 0 Å². The normalized spacial score (nSPS) is 20.4. The fourth-order valence-electron chi connectivity index (χ4n) is 3.92. The molecule has 11 heteroatoms. The molecule has 3 N–H and O–H groups in total. The third-order valence-corrected chi connectivity index (χ3v) is 5.69. The number of nitrogens with zero attached hydrogens (tertiary/aromatic N) is 3. The molecule has 0 saturated heterocycles. The first kappa shape index (κ1) is 20.5. The van der Waals surface area contributed by atoms with E-state index in [1.54, 1.807) is 11.6 Å². The van der Waals surface area contributed by atoms with Gasteiger partial charge in [-0.05, 0) is 25.1 Å². The Balaban J connectivity index is 1.64. The third-order valence-electron chi connectivity index (χ3n) is 5.40. The molecule has 0 radical (unpaired) electrons. The van der Waals surface area contributed by atoms with Gasteiger partial charge in [0.05, 0.1) is 28.9 Å². The quantitative estimate of drug-likeness (QED) is 0.765. The van der Waals surface area contributed by atoms with Crippen molar-refractivity contribution in [3.63, 3.8) is 0 Å². The molecule has 0 spiro atoms. The number of primary amides is 1. The second-order valence-electron chi connectivity index (χ2n) is 7.75. The summed E-state index contributed by atoms with van der Waals surface area (Å²) in [5.74, 6) is -4.10. The molecule has 0 bridgehead atoms. The van der Waals surface area contributed by atoms with E-state index in [0.29, 0.717) is 11.3 Å².